The number of amides is 2. The first kappa shape index (κ1) is 15.8. The van der Waals surface area contributed by atoms with Crippen molar-refractivity contribution in [1.29, 1.82) is 0 Å². The van der Waals surface area contributed by atoms with Crippen LogP contribution in [0.1, 0.15) is 6.42 Å². The Bertz CT molecular complexity index is 501. The fraction of sp³-hybridized carbons (Fsp3) is 0.273. The highest BCUT2D eigenvalue weighted by molar-refractivity contribution is 5.89. The second-order valence-corrected chi connectivity index (χ2v) is 3.77. The average molecular weight is 292 g/mol. The maximum atomic E-state index is 13.2. The molecule has 0 saturated heterocycles. The van der Waals surface area contributed by atoms with Gasteiger partial charge in [0.05, 0.1) is 0 Å². The summed E-state index contributed by atoms with van der Waals surface area (Å²) >= 11 is 0. The topological polar surface area (TPSA) is 98.7 Å². The number of aliphatic hydroxyl groups excluding tert-OH is 1. The van der Waals surface area contributed by atoms with E-state index in [1.165, 1.54) is 0 Å². The van der Waals surface area contributed by atoms with Crippen LogP contribution in [-0.2, 0) is 4.79 Å². The van der Waals surface area contributed by atoms with Crippen molar-refractivity contribution in [3.63, 3.8) is 0 Å². The molecule has 0 saturated carbocycles. The molecule has 0 heterocycles. The zero-order chi connectivity index (χ0) is 15.3. The van der Waals surface area contributed by atoms with E-state index < -0.39 is 41.2 Å². The Kier molecular flexibility index (Phi) is 5.32. The molecule has 1 atom stereocenters. The first-order valence-corrected chi connectivity index (χ1v) is 5.41. The number of carboxylic acid groups (broad SMARTS) is 1. The van der Waals surface area contributed by atoms with Crippen molar-refractivity contribution in [3.05, 3.63) is 29.6 Å². The minimum atomic E-state index is -1.66. The molecule has 0 unspecified atom stereocenters. The molecule has 0 aliphatic carbocycles. The van der Waals surface area contributed by atoms with E-state index in [2.05, 4.69) is 5.32 Å². The van der Waals surface area contributed by atoms with E-state index in [4.69, 9.17) is 10.2 Å². The number of nitrogens with one attached hydrogen (secondary N) is 2. The van der Waals surface area contributed by atoms with Gasteiger partial charge >= 0.3 is 12.0 Å². The van der Waals surface area contributed by atoms with E-state index >= 15 is 0 Å². The summed E-state index contributed by atoms with van der Waals surface area (Å²) < 4.78 is 39.0. The summed E-state index contributed by atoms with van der Waals surface area (Å²) in [4.78, 5) is 21.5. The van der Waals surface area contributed by atoms with Gasteiger partial charge in [0.25, 0.3) is 0 Å². The van der Waals surface area contributed by atoms with Crippen LogP contribution in [0, 0.1) is 17.5 Å². The first-order chi connectivity index (χ1) is 9.31. The first-order valence-electron chi connectivity index (χ1n) is 5.41. The maximum absolute atomic E-state index is 13.2. The Labute approximate surface area is 111 Å². The summed E-state index contributed by atoms with van der Waals surface area (Å²) in [6.07, 6.45) is -1.94. The highest BCUT2D eigenvalue weighted by atomic mass is 19.1. The minimum absolute atomic E-state index is 0.232. The SMILES string of the molecule is O=C(NCC[C@H](O)C(=O)O)Nc1c(F)cc(F)cc1F. The van der Waals surface area contributed by atoms with Crippen molar-refractivity contribution in [1.82, 2.24) is 5.32 Å². The van der Waals surface area contributed by atoms with Gasteiger partial charge in [0.15, 0.2) is 17.7 Å². The van der Waals surface area contributed by atoms with Gasteiger partial charge in [-0.3, -0.25) is 0 Å². The van der Waals surface area contributed by atoms with Crippen molar-refractivity contribution in [3.8, 4) is 0 Å². The number of aliphatic hydroxyl groups is 1. The van der Waals surface area contributed by atoms with Gasteiger partial charge in [-0.25, -0.2) is 22.8 Å². The number of hydrogen-bond donors (Lipinski definition) is 4. The van der Waals surface area contributed by atoms with Gasteiger partial charge < -0.3 is 20.8 Å². The predicted molar refractivity (Wildman–Crippen MR) is 61.6 cm³/mol. The van der Waals surface area contributed by atoms with E-state index in [0.717, 1.165) is 0 Å². The largest absolute Gasteiger partial charge is 0.479 e. The lowest BCUT2D eigenvalue weighted by Gasteiger charge is -2.10. The van der Waals surface area contributed by atoms with Crippen LogP contribution in [0.3, 0.4) is 0 Å². The fourth-order valence-corrected chi connectivity index (χ4v) is 1.27. The third-order valence-corrected chi connectivity index (χ3v) is 2.23. The number of carboxylic acids is 1. The number of carbonyl (C=O) groups excluding carboxylic acids is 1. The number of urea groups is 1. The van der Waals surface area contributed by atoms with Crippen LogP contribution in [0.5, 0.6) is 0 Å². The lowest BCUT2D eigenvalue weighted by Crippen LogP contribution is -2.33. The molecule has 0 aromatic heterocycles. The summed E-state index contributed by atoms with van der Waals surface area (Å²) in [5.41, 5.74) is -0.831. The Hall–Kier alpha value is -2.29. The Morgan fingerprint density at radius 1 is 1.20 bits per heavy atom. The van der Waals surface area contributed by atoms with Gasteiger partial charge in [0, 0.05) is 25.1 Å². The van der Waals surface area contributed by atoms with Crippen molar-refractivity contribution >= 4 is 17.7 Å². The number of hydrogen-bond acceptors (Lipinski definition) is 3. The molecule has 0 radical (unpaired) electrons. The summed E-state index contributed by atoms with van der Waals surface area (Å²) in [6.45, 7) is -0.232. The molecule has 2 amide bonds. The predicted octanol–water partition coefficient (Wildman–Crippen LogP) is 1.06. The normalized spacial score (nSPS) is 11.8. The molecule has 1 aromatic rings. The Morgan fingerprint density at radius 2 is 1.75 bits per heavy atom. The second-order valence-electron chi connectivity index (χ2n) is 3.77. The molecular weight excluding hydrogens is 281 g/mol. The number of benzene rings is 1. The van der Waals surface area contributed by atoms with E-state index in [1.807, 2.05) is 5.32 Å². The lowest BCUT2D eigenvalue weighted by atomic mass is 10.2. The van der Waals surface area contributed by atoms with Crippen molar-refractivity contribution in [2.24, 2.45) is 0 Å². The second kappa shape index (κ2) is 6.75. The van der Waals surface area contributed by atoms with Gasteiger partial charge in [0.1, 0.15) is 11.5 Å². The van der Waals surface area contributed by atoms with Gasteiger partial charge in [0.2, 0.25) is 0 Å². The number of carbonyl (C=O) groups is 2. The molecular formula is C11H11F3N2O4. The molecule has 9 heteroatoms. The Morgan fingerprint density at radius 3 is 2.25 bits per heavy atom. The van der Waals surface area contributed by atoms with Gasteiger partial charge in [-0.1, -0.05) is 0 Å². The zero-order valence-corrected chi connectivity index (χ0v) is 9.99. The Balaban J connectivity index is 2.53. The molecule has 0 bridgehead atoms. The smallest absolute Gasteiger partial charge is 0.332 e. The quantitative estimate of drug-likeness (QED) is 0.652. The molecule has 6 nitrogen and oxygen atoms in total. The molecule has 4 N–H and O–H groups in total. The zero-order valence-electron chi connectivity index (χ0n) is 9.99. The highest BCUT2D eigenvalue weighted by Gasteiger charge is 2.15. The van der Waals surface area contributed by atoms with E-state index in [0.29, 0.717) is 12.1 Å². The van der Waals surface area contributed by atoms with Crippen LogP contribution in [0.25, 0.3) is 0 Å². The van der Waals surface area contributed by atoms with Crippen LogP contribution >= 0.6 is 0 Å². The van der Waals surface area contributed by atoms with Crippen LogP contribution in [0.4, 0.5) is 23.7 Å². The fourth-order valence-electron chi connectivity index (χ4n) is 1.27. The summed E-state index contributed by atoms with van der Waals surface area (Å²) in [6, 6.07) is -0.230. The molecule has 0 aliphatic rings. The molecule has 20 heavy (non-hydrogen) atoms. The van der Waals surface area contributed by atoms with Crippen LogP contribution in [0.15, 0.2) is 12.1 Å². The summed E-state index contributed by atoms with van der Waals surface area (Å²) in [5, 5.41) is 21.2. The maximum Gasteiger partial charge on any atom is 0.332 e. The van der Waals surface area contributed by atoms with E-state index in [9.17, 15) is 22.8 Å². The van der Waals surface area contributed by atoms with Gasteiger partial charge in [-0.05, 0) is 0 Å². The number of rotatable bonds is 5. The van der Waals surface area contributed by atoms with Gasteiger partial charge in [-0.15, -0.1) is 0 Å². The molecule has 1 aromatic carbocycles. The van der Waals surface area contributed by atoms with Gasteiger partial charge in [-0.2, -0.15) is 0 Å². The highest BCUT2D eigenvalue weighted by Crippen LogP contribution is 2.19. The van der Waals surface area contributed by atoms with Crippen molar-refractivity contribution in [2.45, 2.75) is 12.5 Å². The molecule has 110 valence electrons. The molecule has 0 spiro atoms. The van der Waals surface area contributed by atoms with Crippen molar-refractivity contribution in [2.75, 3.05) is 11.9 Å². The summed E-state index contributed by atoms with van der Waals surface area (Å²) in [5.74, 6) is -5.16. The minimum Gasteiger partial charge on any atom is -0.479 e. The standard InChI is InChI=1S/C11H11F3N2O4/c12-5-3-6(13)9(7(14)4-5)16-11(20)15-2-1-8(17)10(18)19/h3-4,8,17H,1-2H2,(H,18,19)(H2,15,16,20)/t8-/m0/s1. The van der Waals surface area contributed by atoms with Crippen molar-refractivity contribution < 1.29 is 33.0 Å². The van der Waals surface area contributed by atoms with Crippen LogP contribution < -0.4 is 10.6 Å². The molecule has 0 fully saturated rings. The molecule has 0 aliphatic heterocycles. The van der Waals surface area contributed by atoms with E-state index in [-0.39, 0.29) is 13.0 Å². The third-order valence-electron chi connectivity index (χ3n) is 2.23. The summed E-state index contributed by atoms with van der Waals surface area (Å²) in [7, 11) is 0. The number of aliphatic carboxylic acids is 1. The van der Waals surface area contributed by atoms with Crippen LogP contribution in [0.2, 0.25) is 0 Å². The lowest BCUT2D eigenvalue weighted by molar-refractivity contribution is -0.146. The third kappa shape index (κ3) is 4.43. The average Bonchev–Trinajstić information content (AvgIpc) is 2.33. The number of anilines is 1. The number of halogens is 3. The van der Waals surface area contributed by atoms with E-state index in [1.54, 1.807) is 0 Å². The van der Waals surface area contributed by atoms with Crippen LogP contribution in [-0.4, -0.2) is 34.9 Å². The monoisotopic (exact) mass is 292 g/mol. The molecule has 1 rings (SSSR count).